The zero-order chi connectivity index (χ0) is 12.4. The number of nitrogens with one attached hydrogen (secondary N) is 1. The van der Waals surface area contributed by atoms with E-state index in [0.29, 0.717) is 19.0 Å². The number of carbonyl (C=O) groups excluding carboxylic acids is 1. The lowest BCUT2D eigenvalue weighted by Crippen LogP contribution is -2.39. The van der Waals surface area contributed by atoms with Crippen LogP contribution in [0.1, 0.15) is 5.82 Å². The van der Waals surface area contributed by atoms with Gasteiger partial charge in [-0.2, -0.15) is 5.21 Å². The Morgan fingerprint density at radius 2 is 2.33 bits per heavy atom. The minimum atomic E-state index is -0.0628. The number of hydrogen-bond acceptors (Lipinski definition) is 5. The van der Waals surface area contributed by atoms with Gasteiger partial charge in [-0.1, -0.05) is 17.3 Å². The van der Waals surface area contributed by atoms with Gasteiger partial charge in [-0.05, 0) is 12.1 Å². The molecule has 0 atom stereocenters. The van der Waals surface area contributed by atoms with E-state index in [1.54, 1.807) is 4.90 Å². The van der Waals surface area contributed by atoms with Gasteiger partial charge in [-0.25, -0.2) is 0 Å². The molecule has 3 rings (SSSR count). The Bertz CT molecular complexity index is 554. The number of para-hydroxylation sites is 2. The molecule has 2 aromatic rings. The summed E-state index contributed by atoms with van der Waals surface area (Å²) in [5.74, 6) is 1.06. The number of anilines is 1. The second-order valence-corrected chi connectivity index (χ2v) is 3.87. The van der Waals surface area contributed by atoms with Gasteiger partial charge in [-0.3, -0.25) is 4.79 Å². The number of amides is 1. The average molecular weight is 245 g/mol. The van der Waals surface area contributed by atoms with Gasteiger partial charge in [0.05, 0.1) is 18.7 Å². The molecule has 0 saturated carbocycles. The van der Waals surface area contributed by atoms with E-state index in [-0.39, 0.29) is 12.3 Å². The van der Waals surface area contributed by atoms with Crippen molar-refractivity contribution in [2.45, 2.75) is 6.42 Å². The Hall–Kier alpha value is -2.44. The van der Waals surface area contributed by atoms with Gasteiger partial charge < -0.3 is 9.64 Å². The van der Waals surface area contributed by atoms with E-state index >= 15 is 0 Å². The lowest BCUT2D eigenvalue weighted by atomic mass is 10.2. The molecule has 2 heterocycles. The van der Waals surface area contributed by atoms with Crippen molar-refractivity contribution in [3.63, 3.8) is 0 Å². The van der Waals surface area contributed by atoms with Crippen LogP contribution in [0.5, 0.6) is 5.75 Å². The quantitative estimate of drug-likeness (QED) is 0.815. The molecule has 7 nitrogen and oxygen atoms in total. The van der Waals surface area contributed by atoms with Gasteiger partial charge in [0.25, 0.3) is 0 Å². The first-order valence-corrected chi connectivity index (χ1v) is 5.59. The van der Waals surface area contributed by atoms with Gasteiger partial charge in [0.15, 0.2) is 5.82 Å². The van der Waals surface area contributed by atoms with Crippen molar-refractivity contribution in [1.82, 2.24) is 20.6 Å². The molecule has 1 amide bonds. The van der Waals surface area contributed by atoms with E-state index in [0.717, 1.165) is 11.4 Å². The van der Waals surface area contributed by atoms with E-state index in [1.165, 1.54) is 0 Å². The third kappa shape index (κ3) is 1.90. The van der Waals surface area contributed by atoms with E-state index in [2.05, 4.69) is 20.6 Å². The highest BCUT2D eigenvalue weighted by atomic mass is 16.5. The van der Waals surface area contributed by atoms with Crippen LogP contribution in [0.15, 0.2) is 24.3 Å². The number of tetrazole rings is 1. The fraction of sp³-hybridized carbons (Fsp3) is 0.273. The molecule has 0 unspecified atom stereocenters. The molecule has 1 aliphatic rings. The summed E-state index contributed by atoms with van der Waals surface area (Å²) in [6, 6.07) is 7.47. The molecule has 1 aromatic heterocycles. The molecule has 1 aromatic carbocycles. The molecular weight excluding hydrogens is 234 g/mol. The average Bonchev–Trinajstić information content (AvgIpc) is 2.91. The molecular formula is C11H11N5O2. The number of ether oxygens (including phenoxy) is 1. The normalized spacial score (nSPS) is 13.9. The van der Waals surface area contributed by atoms with Gasteiger partial charge in [0.2, 0.25) is 5.91 Å². The minimum Gasteiger partial charge on any atom is -0.490 e. The summed E-state index contributed by atoms with van der Waals surface area (Å²) in [5, 5.41) is 13.3. The highest BCUT2D eigenvalue weighted by Gasteiger charge is 2.24. The summed E-state index contributed by atoms with van der Waals surface area (Å²) in [5.41, 5.74) is 0.789. The summed E-state index contributed by atoms with van der Waals surface area (Å²) in [6.45, 7) is 1.03. The molecule has 18 heavy (non-hydrogen) atoms. The van der Waals surface area contributed by atoms with Crippen LogP contribution in [0.3, 0.4) is 0 Å². The largest absolute Gasteiger partial charge is 0.490 e. The first kappa shape index (κ1) is 10.7. The van der Waals surface area contributed by atoms with Gasteiger partial charge in [0.1, 0.15) is 12.4 Å². The highest BCUT2D eigenvalue weighted by Crippen LogP contribution is 2.31. The SMILES string of the molecule is O=C(Cc1nn[nH]n1)N1CCOc2ccccc21. The number of carbonyl (C=O) groups is 1. The third-order valence-electron chi connectivity index (χ3n) is 2.73. The number of rotatable bonds is 2. The van der Waals surface area contributed by atoms with Crippen molar-refractivity contribution in [2.75, 3.05) is 18.1 Å². The Balaban J connectivity index is 1.83. The Morgan fingerprint density at radius 1 is 1.44 bits per heavy atom. The molecule has 0 radical (unpaired) electrons. The van der Waals surface area contributed by atoms with Crippen LogP contribution < -0.4 is 9.64 Å². The van der Waals surface area contributed by atoms with Crippen molar-refractivity contribution in [1.29, 1.82) is 0 Å². The fourth-order valence-electron chi connectivity index (χ4n) is 1.92. The molecule has 7 heteroatoms. The Labute approximate surface area is 103 Å². The fourth-order valence-corrected chi connectivity index (χ4v) is 1.92. The standard InChI is InChI=1S/C11H11N5O2/c17-11(7-10-12-14-15-13-10)16-5-6-18-9-4-2-1-3-8(9)16/h1-4H,5-7H2,(H,12,13,14,15). The number of benzene rings is 1. The van der Waals surface area contributed by atoms with E-state index in [4.69, 9.17) is 4.74 Å². The zero-order valence-corrected chi connectivity index (χ0v) is 9.54. The molecule has 0 bridgehead atoms. The molecule has 92 valence electrons. The topological polar surface area (TPSA) is 84.0 Å². The monoisotopic (exact) mass is 245 g/mol. The van der Waals surface area contributed by atoms with E-state index < -0.39 is 0 Å². The number of H-pyrrole nitrogens is 1. The number of hydrogen-bond donors (Lipinski definition) is 1. The first-order chi connectivity index (χ1) is 8.84. The van der Waals surface area contributed by atoms with Gasteiger partial charge in [-0.15, -0.1) is 10.2 Å². The molecule has 0 spiro atoms. The predicted molar refractivity (Wildman–Crippen MR) is 62.2 cm³/mol. The summed E-state index contributed by atoms with van der Waals surface area (Å²) < 4.78 is 5.50. The second-order valence-electron chi connectivity index (χ2n) is 3.87. The van der Waals surface area contributed by atoms with Crippen molar-refractivity contribution in [3.05, 3.63) is 30.1 Å². The van der Waals surface area contributed by atoms with Gasteiger partial charge >= 0.3 is 0 Å². The smallest absolute Gasteiger partial charge is 0.235 e. The van der Waals surface area contributed by atoms with E-state index in [9.17, 15) is 4.79 Å². The van der Waals surface area contributed by atoms with Crippen LogP contribution >= 0.6 is 0 Å². The number of fused-ring (bicyclic) bond motifs is 1. The van der Waals surface area contributed by atoms with Crippen LogP contribution in [-0.4, -0.2) is 39.7 Å². The van der Waals surface area contributed by atoms with Crippen molar-refractivity contribution < 1.29 is 9.53 Å². The van der Waals surface area contributed by atoms with Gasteiger partial charge in [0, 0.05) is 0 Å². The van der Waals surface area contributed by atoms with Crippen molar-refractivity contribution >= 4 is 11.6 Å². The van der Waals surface area contributed by atoms with Crippen molar-refractivity contribution in [3.8, 4) is 5.75 Å². The number of nitrogens with zero attached hydrogens (tertiary/aromatic N) is 4. The predicted octanol–water partition coefficient (Wildman–Crippen LogP) is 0.168. The van der Waals surface area contributed by atoms with Crippen LogP contribution in [0.4, 0.5) is 5.69 Å². The summed E-state index contributed by atoms with van der Waals surface area (Å²) >= 11 is 0. The van der Waals surface area contributed by atoms with Crippen LogP contribution in [-0.2, 0) is 11.2 Å². The summed E-state index contributed by atoms with van der Waals surface area (Å²) in [7, 11) is 0. The van der Waals surface area contributed by atoms with E-state index in [1.807, 2.05) is 24.3 Å². The number of aromatic amines is 1. The van der Waals surface area contributed by atoms with Crippen LogP contribution in [0.2, 0.25) is 0 Å². The lowest BCUT2D eigenvalue weighted by Gasteiger charge is -2.29. The second kappa shape index (κ2) is 4.44. The first-order valence-electron chi connectivity index (χ1n) is 5.59. The van der Waals surface area contributed by atoms with Crippen molar-refractivity contribution in [2.24, 2.45) is 0 Å². The highest BCUT2D eigenvalue weighted by molar-refractivity contribution is 5.96. The molecule has 0 aliphatic carbocycles. The summed E-state index contributed by atoms with van der Waals surface area (Å²) in [6.07, 6.45) is 0.130. The molecule has 0 fully saturated rings. The van der Waals surface area contributed by atoms with Crippen LogP contribution in [0, 0.1) is 0 Å². The Morgan fingerprint density at radius 3 is 3.17 bits per heavy atom. The third-order valence-corrected chi connectivity index (χ3v) is 2.73. The minimum absolute atomic E-state index is 0.0628. The summed E-state index contributed by atoms with van der Waals surface area (Å²) in [4.78, 5) is 13.9. The maximum absolute atomic E-state index is 12.2. The Kier molecular flexibility index (Phi) is 2.64. The molecule has 0 saturated heterocycles. The molecule has 1 N–H and O–H groups in total. The maximum Gasteiger partial charge on any atom is 0.235 e. The lowest BCUT2D eigenvalue weighted by molar-refractivity contribution is -0.118. The molecule has 1 aliphatic heterocycles. The zero-order valence-electron chi connectivity index (χ0n) is 9.54. The van der Waals surface area contributed by atoms with Crippen LogP contribution in [0.25, 0.3) is 0 Å². The maximum atomic E-state index is 12.2. The number of aromatic nitrogens is 4.